The van der Waals surface area contributed by atoms with Gasteiger partial charge in [-0.2, -0.15) is 0 Å². The summed E-state index contributed by atoms with van der Waals surface area (Å²) in [5.41, 5.74) is 0. The standard InChI is InChI=1S/C7H14N2O/c1-6(10)9-4-7(5-9)3-8-2/h7-8H,3-5H2,1-2H3. The highest BCUT2D eigenvalue weighted by Crippen LogP contribution is 2.13. The van der Waals surface area contributed by atoms with Gasteiger partial charge in [0, 0.05) is 32.5 Å². The van der Waals surface area contributed by atoms with Gasteiger partial charge in [-0.1, -0.05) is 0 Å². The molecule has 1 saturated heterocycles. The molecule has 0 aromatic heterocycles. The number of nitrogens with zero attached hydrogens (tertiary/aromatic N) is 1. The van der Waals surface area contributed by atoms with E-state index in [1.807, 2.05) is 11.9 Å². The average Bonchev–Trinajstić information content (AvgIpc) is 1.76. The summed E-state index contributed by atoms with van der Waals surface area (Å²) in [6.45, 7) is 4.53. The number of amides is 1. The Hall–Kier alpha value is -0.570. The zero-order chi connectivity index (χ0) is 7.56. The molecular formula is C7H14N2O. The minimum Gasteiger partial charge on any atom is -0.342 e. The van der Waals surface area contributed by atoms with Gasteiger partial charge in [0.25, 0.3) is 0 Å². The first kappa shape index (κ1) is 7.54. The topological polar surface area (TPSA) is 32.3 Å². The van der Waals surface area contributed by atoms with E-state index in [2.05, 4.69) is 5.32 Å². The molecular weight excluding hydrogens is 128 g/mol. The molecule has 0 atom stereocenters. The Bertz CT molecular complexity index is 130. The molecule has 0 aromatic rings. The number of hydrogen-bond donors (Lipinski definition) is 1. The maximum atomic E-state index is 10.7. The van der Waals surface area contributed by atoms with Gasteiger partial charge < -0.3 is 10.2 Å². The van der Waals surface area contributed by atoms with Crippen LogP contribution in [0.3, 0.4) is 0 Å². The number of hydrogen-bond acceptors (Lipinski definition) is 2. The molecule has 0 bridgehead atoms. The van der Waals surface area contributed by atoms with Crippen molar-refractivity contribution >= 4 is 5.91 Å². The predicted molar refractivity (Wildman–Crippen MR) is 39.7 cm³/mol. The summed E-state index contributed by atoms with van der Waals surface area (Å²) in [4.78, 5) is 12.5. The largest absolute Gasteiger partial charge is 0.342 e. The van der Waals surface area contributed by atoms with Crippen molar-refractivity contribution in [2.45, 2.75) is 6.92 Å². The van der Waals surface area contributed by atoms with Gasteiger partial charge in [-0.25, -0.2) is 0 Å². The van der Waals surface area contributed by atoms with E-state index in [0.29, 0.717) is 5.92 Å². The number of likely N-dealkylation sites (tertiary alicyclic amines) is 1. The molecule has 1 aliphatic heterocycles. The highest BCUT2D eigenvalue weighted by Gasteiger charge is 2.27. The molecule has 0 aromatic carbocycles. The van der Waals surface area contributed by atoms with Crippen molar-refractivity contribution in [3.63, 3.8) is 0 Å². The molecule has 1 fully saturated rings. The fraction of sp³-hybridized carbons (Fsp3) is 0.857. The molecule has 1 amide bonds. The van der Waals surface area contributed by atoms with Crippen molar-refractivity contribution in [3.05, 3.63) is 0 Å². The van der Waals surface area contributed by atoms with Crippen molar-refractivity contribution in [1.29, 1.82) is 0 Å². The van der Waals surface area contributed by atoms with Crippen LogP contribution >= 0.6 is 0 Å². The normalized spacial score (nSPS) is 18.8. The van der Waals surface area contributed by atoms with Crippen LogP contribution in [-0.2, 0) is 4.79 Å². The minimum atomic E-state index is 0.201. The Balaban J connectivity index is 2.12. The molecule has 0 unspecified atom stereocenters. The predicted octanol–water partition coefficient (Wildman–Crippen LogP) is -0.316. The second kappa shape index (κ2) is 3.01. The van der Waals surface area contributed by atoms with Gasteiger partial charge in [-0.15, -0.1) is 0 Å². The smallest absolute Gasteiger partial charge is 0.219 e. The second-order valence-electron chi connectivity index (χ2n) is 2.85. The maximum absolute atomic E-state index is 10.7. The van der Waals surface area contributed by atoms with E-state index in [1.165, 1.54) is 0 Å². The Morgan fingerprint density at radius 1 is 1.70 bits per heavy atom. The highest BCUT2D eigenvalue weighted by molar-refractivity contribution is 5.74. The Morgan fingerprint density at radius 3 is 2.70 bits per heavy atom. The molecule has 1 rings (SSSR count). The van der Waals surface area contributed by atoms with Gasteiger partial charge in [0.2, 0.25) is 5.91 Å². The quantitative estimate of drug-likeness (QED) is 0.573. The molecule has 0 saturated carbocycles. The molecule has 1 aliphatic rings. The third-order valence-corrected chi connectivity index (χ3v) is 1.90. The molecule has 58 valence electrons. The first-order valence-corrected chi connectivity index (χ1v) is 3.64. The third kappa shape index (κ3) is 1.48. The monoisotopic (exact) mass is 142 g/mol. The Kier molecular flexibility index (Phi) is 2.27. The Labute approximate surface area is 61.4 Å². The summed E-state index contributed by atoms with van der Waals surface area (Å²) in [6.07, 6.45) is 0. The zero-order valence-corrected chi connectivity index (χ0v) is 6.55. The lowest BCUT2D eigenvalue weighted by atomic mass is 10.0. The lowest BCUT2D eigenvalue weighted by molar-refractivity contribution is -0.134. The molecule has 1 heterocycles. The minimum absolute atomic E-state index is 0.201. The van der Waals surface area contributed by atoms with Crippen LogP contribution in [-0.4, -0.2) is 37.5 Å². The van der Waals surface area contributed by atoms with Crippen molar-refractivity contribution in [2.75, 3.05) is 26.7 Å². The van der Waals surface area contributed by atoms with Crippen LogP contribution in [0.15, 0.2) is 0 Å². The summed E-state index contributed by atoms with van der Waals surface area (Å²) in [7, 11) is 1.94. The van der Waals surface area contributed by atoms with E-state index >= 15 is 0 Å². The van der Waals surface area contributed by atoms with Gasteiger partial charge in [0.05, 0.1) is 0 Å². The zero-order valence-electron chi connectivity index (χ0n) is 6.55. The van der Waals surface area contributed by atoms with E-state index < -0.39 is 0 Å². The second-order valence-corrected chi connectivity index (χ2v) is 2.85. The van der Waals surface area contributed by atoms with Crippen molar-refractivity contribution in [3.8, 4) is 0 Å². The van der Waals surface area contributed by atoms with Crippen molar-refractivity contribution in [1.82, 2.24) is 10.2 Å². The SMILES string of the molecule is CNCC1CN(C(C)=O)C1. The van der Waals surface area contributed by atoms with Crippen LogP contribution in [0.1, 0.15) is 6.92 Å². The fourth-order valence-corrected chi connectivity index (χ4v) is 1.24. The van der Waals surface area contributed by atoms with E-state index in [4.69, 9.17) is 0 Å². The van der Waals surface area contributed by atoms with Crippen LogP contribution in [0.4, 0.5) is 0 Å². The summed E-state index contributed by atoms with van der Waals surface area (Å²) in [5.74, 6) is 0.890. The number of carbonyl (C=O) groups is 1. The lowest BCUT2D eigenvalue weighted by Gasteiger charge is -2.38. The van der Waals surface area contributed by atoms with Gasteiger partial charge >= 0.3 is 0 Å². The highest BCUT2D eigenvalue weighted by atomic mass is 16.2. The van der Waals surface area contributed by atoms with Crippen LogP contribution in [0.5, 0.6) is 0 Å². The number of carbonyl (C=O) groups excluding carboxylic acids is 1. The Morgan fingerprint density at radius 2 is 2.30 bits per heavy atom. The third-order valence-electron chi connectivity index (χ3n) is 1.90. The van der Waals surface area contributed by atoms with Crippen LogP contribution in [0.25, 0.3) is 0 Å². The first-order chi connectivity index (χ1) is 4.74. The van der Waals surface area contributed by atoms with Crippen molar-refractivity contribution < 1.29 is 4.79 Å². The van der Waals surface area contributed by atoms with E-state index in [0.717, 1.165) is 19.6 Å². The lowest BCUT2D eigenvalue weighted by Crippen LogP contribution is -2.52. The summed E-state index contributed by atoms with van der Waals surface area (Å²) < 4.78 is 0. The summed E-state index contributed by atoms with van der Waals surface area (Å²) in [6, 6.07) is 0. The molecule has 0 radical (unpaired) electrons. The van der Waals surface area contributed by atoms with Crippen LogP contribution in [0.2, 0.25) is 0 Å². The maximum Gasteiger partial charge on any atom is 0.219 e. The first-order valence-electron chi connectivity index (χ1n) is 3.64. The van der Waals surface area contributed by atoms with E-state index in [1.54, 1.807) is 6.92 Å². The van der Waals surface area contributed by atoms with Crippen LogP contribution in [0, 0.1) is 5.92 Å². The number of rotatable bonds is 2. The molecule has 0 aliphatic carbocycles. The average molecular weight is 142 g/mol. The van der Waals surface area contributed by atoms with E-state index in [-0.39, 0.29) is 5.91 Å². The number of nitrogens with one attached hydrogen (secondary N) is 1. The van der Waals surface area contributed by atoms with Crippen LogP contribution < -0.4 is 5.32 Å². The van der Waals surface area contributed by atoms with E-state index in [9.17, 15) is 4.79 Å². The molecule has 0 spiro atoms. The molecule has 1 N–H and O–H groups in total. The van der Waals surface area contributed by atoms with Gasteiger partial charge in [-0.05, 0) is 7.05 Å². The fourth-order valence-electron chi connectivity index (χ4n) is 1.24. The molecule has 3 heteroatoms. The van der Waals surface area contributed by atoms with Gasteiger partial charge in [0.1, 0.15) is 0 Å². The molecule has 10 heavy (non-hydrogen) atoms. The van der Waals surface area contributed by atoms with Crippen molar-refractivity contribution in [2.24, 2.45) is 5.92 Å². The molecule has 3 nitrogen and oxygen atoms in total. The summed E-state index contributed by atoms with van der Waals surface area (Å²) >= 11 is 0. The van der Waals surface area contributed by atoms with Gasteiger partial charge in [-0.3, -0.25) is 4.79 Å². The summed E-state index contributed by atoms with van der Waals surface area (Å²) in [5, 5.41) is 3.09. The van der Waals surface area contributed by atoms with Gasteiger partial charge in [0.15, 0.2) is 0 Å².